The Morgan fingerprint density at radius 2 is 1.85 bits per heavy atom. The molecule has 1 aliphatic rings. The molecule has 0 aromatic heterocycles. The van der Waals surface area contributed by atoms with Crippen molar-refractivity contribution >= 4 is 45.7 Å². The smallest absolute Gasteiger partial charge is 0.409 e. The Labute approximate surface area is 171 Å². The molecule has 0 radical (unpaired) electrons. The minimum Gasteiger partial charge on any atom is -0.455 e. The summed E-state index contributed by atoms with van der Waals surface area (Å²) in [7, 11) is 0. The predicted molar refractivity (Wildman–Crippen MR) is 106 cm³/mol. The lowest BCUT2D eigenvalue weighted by Crippen LogP contribution is -2.47. The number of nitrogens with zero attached hydrogens (tertiary/aromatic N) is 1. The second kappa shape index (κ2) is 11.2. The topological polar surface area (TPSA) is 84.9 Å². The Morgan fingerprint density at radius 3 is 2.48 bits per heavy atom. The van der Waals surface area contributed by atoms with Gasteiger partial charge in [-0.25, -0.2) is 4.79 Å². The quantitative estimate of drug-likeness (QED) is 0.499. The second-order valence-electron chi connectivity index (χ2n) is 5.93. The Kier molecular flexibility index (Phi) is 8.93. The number of benzene rings is 1. The molecule has 0 atom stereocenters. The largest absolute Gasteiger partial charge is 0.455 e. The molecule has 27 heavy (non-hydrogen) atoms. The predicted octanol–water partition coefficient (Wildman–Crippen LogP) is 2.82. The third-order valence-corrected chi connectivity index (χ3v) is 5.43. The fourth-order valence-corrected chi connectivity index (χ4v) is 3.51. The van der Waals surface area contributed by atoms with Crippen molar-refractivity contribution in [3.63, 3.8) is 0 Å². The summed E-state index contributed by atoms with van der Waals surface area (Å²) in [6.07, 6.45) is 0.982. The highest BCUT2D eigenvalue weighted by Gasteiger charge is 2.24. The van der Waals surface area contributed by atoms with Crippen LogP contribution < -0.4 is 5.32 Å². The zero-order valence-electron chi connectivity index (χ0n) is 15.1. The fourth-order valence-electron chi connectivity index (χ4n) is 2.55. The van der Waals surface area contributed by atoms with E-state index in [-0.39, 0.29) is 30.4 Å². The molecule has 0 saturated carbocycles. The zero-order valence-corrected chi connectivity index (χ0v) is 17.5. The van der Waals surface area contributed by atoms with E-state index in [1.54, 1.807) is 11.8 Å². The number of carbonyl (C=O) groups is 3. The van der Waals surface area contributed by atoms with E-state index in [1.165, 1.54) is 11.8 Å². The van der Waals surface area contributed by atoms with E-state index in [0.717, 1.165) is 9.37 Å². The van der Waals surface area contributed by atoms with E-state index in [0.29, 0.717) is 32.5 Å². The van der Waals surface area contributed by atoms with Crippen LogP contribution in [0.4, 0.5) is 4.79 Å². The molecule has 9 heteroatoms. The maximum atomic E-state index is 11.9. The SMILES string of the molecule is CCOC(=O)N1CCC(NC(=O)COC(=O)CSc2ccc(Br)cc2)CC1. The fraction of sp³-hybridized carbons (Fsp3) is 0.500. The van der Waals surface area contributed by atoms with Gasteiger partial charge in [-0.2, -0.15) is 0 Å². The number of ether oxygens (including phenoxy) is 2. The summed E-state index contributed by atoms with van der Waals surface area (Å²) in [5, 5.41) is 2.84. The molecular weight excluding hydrogens is 436 g/mol. The number of thioether (sulfide) groups is 1. The van der Waals surface area contributed by atoms with Crippen molar-refractivity contribution in [1.82, 2.24) is 10.2 Å². The average molecular weight is 459 g/mol. The van der Waals surface area contributed by atoms with Crippen LogP contribution in [0.2, 0.25) is 0 Å². The van der Waals surface area contributed by atoms with Crippen molar-refractivity contribution in [3.05, 3.63) is 28.7 Å². The van der Waals surface area contributed by atoms with Crippen LogP contribution in [0.5, 0.6) is 0 Å². The molecule has 1 N–H and O–H groups in total. The number of hydrogen-bond donors (Lipinski definition) is 1. The van der Waals surface area contributed by atoms with Gasteiger partial charge in [0.1, 0.15) is 0 Å². The molecule has 7 nitrogen and oxygen atoms in total. The highest BCUT2D eigenvalue weighted by molar-refractivity contribution is 9.10. The molecule has 1 fully saturated rings. The first-order valence-electron chi connectivity index (χ1n) is 8.73. The standard InChI is InChI=1S/C18H23BrN2O5S/c1-2-25-18(24)21-9-7-14(8-10-21)20-16(22)11-26-17(23)12-27-15-5-3-13(19)4-6-15/h3-6,14H,2,7-12H2,1H3,(H,20,22). The van der Waals surface area contributed by atoms with Gasteiger partial charge in [0, 0.05) is 28.5 Å². The number of piperidine rings is 1. The monoisotopic (exact) mass is 458 g/mol. The van der Waals surface area contributed by atoms with Gasteiger partial charge in [-0.3, -0.25) is 9.59 Å². The van der Waals surface area contributed by atoms with Crippen molar-refractivity contribution in [2.75, 3.05) is 32.1 Å². The third kappa shape index (κ3) is 7.80. The Bertz CT molecular complexity index is 648. The van der Waals surface area contributed by atoms with Crippen molar-refractivity contribution in [2.24, 2.45) is 0 Å². The Morgan fingerprint density at radius 1 is 1.19 bits per heavy atom. The van der Waals surface area contributed by atoms with Gasteiger partial charge in [0.25, 0.3) is 5.91 Å². The van der Waals surface area contributed by atoms with Crippen molar-refractivity contribution < 1.29 is 23.9 Å². The molecule has 0 bridgehead atoms. The van der Waals surface area contributed by atoms with Crippen LogP contribution in [0.25, 0.3) is 0 Å². The number of halogens is 1. The summed E-state index contributed by atoms with van der Waals surface area (Å²) in [5.41, 5.74) is 0. The Hall–Kier alpha value is -1.74. The highest BCUT2D eigenvalue weighted by atomic mass is 79.9. The first kappa shape index (κ1) is 21.6. The minimum atomic E-state index is -0.435. The van der Waals surface area contributed by atoms with Gasteiger partial charge < -0.3 is 19.7 Å². The maximum Gasteiger partial charge on any atom is 0.409 e. The minimum absolute atomic E-state index is 0.0287. The molecule has 2 amide bonds. The van der Waals surface area contributed by atoms with E-state index in [4.69, 9.17) is 9.47 Å². The summed E-state index contributed by atoms with van der Waals surface area (Å²) in [5.74, 6) is -0.617. The summed E-state index contributed by atoms with van der Waals surface area (Å²) in [6, 6.07) is 7.57. The molecule has 1 aromatic rings. The number of likely N-dealkylation sites (tertiary alicyclic amines) is 1. The van der Waals surface area contributed by atoms with Crippen LogP contribution in [-0.2, 0) is 19.1 Å². The van der Waals surface area contributed by atoms with E-state index >= 15 is 0 Å². The van der Waals surface area contributed by atoms with Gasteiger partial charge >= 0.3 is 12.1 Å². The number of nitrogens with one attached hydrogen (secondary N) is 1. The second-order valence-corrected chi connectivity index (χ2v) is 7.90. The summed E-state index contributed by atoms with van der Waals surface area (Å²) in [4.78, 5) is 37.9. The van der Waals surface area contributed by atoms with E-state index in [9.17, 15) is 14.4 Å². The summed E-state index contributed by atoms with van der Waals surface area (Å²) >= 11 is 4.71. The van der Waals surface area contributed by atoms with E-state index in [2.05, 4.69) is 21.2 Å². The van der Waals surface area contributed by atoms with Gasteiger partial charge in [0.15, 0.2) is 6.61 Å². The number of rotatable bonds is 7. The van der Waals surface area contributed by atoms with Crippen LogP contribution in [0.3, 0.4) is 0 Å². The lowest BCUT2D eigenvalue weighted by Gasteiger charge is -2.31. The van der Waals surface area contributed by atoms with Crippen LogP contribution in [0.15, 0.2) is 33.6 Å². The van der Waals surface area contributed by atoms with Crippen LogP contribution in [0.1, 0.15) is 19.8 Å². The molecule has 1 aromatic carbocycles. The number of hydrogen-bond acceptors (Lipinski definition) is 6. The molecule has 0 unspecified atom stereocenters. The van der Waals surface area contributed by atoms with Gasteiger partial charge in [0.05, 0.1) is 12.4 Å². The summed E-state index contributed by atoms with van der Waals surface area (Å²) in [6.45, 7) is 2.89. The van der Waals surface area contributed by atoms with Crippen molar-refractivity contribution in [2.45, 2.75) is 30.7 Å². The third-order valence-electron chi connectivity index (χ3n) is 3.92. The highest BCUT2D eigenvalue weighted by Crippen LogP contribution is 2.20. The summed E-state index contributed by atoms with van der Waals surface area (Å²) < 4.78 is 10.9. The van der Waals surface area contributed by atoms with E-state index < -0.39 is 5.97 Å². The van der Waals surface area contributed by atoms with Crippen LogP contribution >= 0.6 is 27.7 Å². The lowest BCUT2D eigenvalue weighted by atomic mass is 10.1. The van der Waals surface area contributed by atoms with Gasteiger partial charge in [-0.1, -0.05) is 15.9 Å². The lowest BCUT2D eigenvalue weighted by molar-refractivity contribution is -0.146. The maximum absolute atomic E-state index is 11.9. The molecule has 0 spiro atoms. The Balaban J connectivity index is 1.61. The molecule has 1 saturated heterocycles. The molecule has 148 valence electrons. The van der Waals surface area contributed by atoms with Crippen LogP contribution in [0, 0.1) is 0 Å². The molecule has 1 heterocycles. The zero-order chi connectivity index (χ0) is 19.6. The molecule has 2 rings (SSSR count). The number of carbonyl (C=O) groups excluding carboxylic acids is 3. The number of esters is 1. The van der Waals surface area contributed by atoms with Gasteiger partial charge in [0.2, 0.25) is 0 Å². The first-order chi connectivity index (χ1) is 13.0. The van der Waals surface area contributed by atoms with Crippen LogP contribution in [-0.4, -0.2) is 61.0 Å². The van der Waals surface area contributed by atoms with Gasteiger partial charge in [-0.05, 0) is 44.0 Å². The average Bonchev–Trinajstić information content (AvgIpc) is 2.66. The molecule has 1 aliphatic heterocycles. The normalized spacial score (nSPS) is 14.5. The molecule has 0 aliphatic carbocycles. The van der Waals surface area contributed by atoms with Crippen molar-refractivity contribution in [3.8, 4) is 0 Å². The van der Waals surface area contributed by atoms with E-state index in [1.807, 2.05) is 24.3 Å². The number of amides is 2. The molecular formula is C18H23BrN2O5S. The van der Waals surface area contributed by atoms with Gasteiger partial charge in [-0.15, -0.1) is 11.8 Å². The first-order valence-corrected chi connectivity index (χ1v) is 10.5. The van der Waals surface area contributed by atoms with Crippen molar-refractivity contribution in [1.29, 1.82) is 0 Å².